The number of nitrogens with zero attached hydrogens (tertiary/aromatic N) is 7. The zero-order chi connectivity index (χ0) is 21.2. The Morgan fingerprint density at radius 2 is 1.97 bits per heavy atom. The van der Waals surface area contributed by atoms with Crippen molar-refractivity contribution in [3.63, 3.8) is 0 Å². The zero-order valence-electron chi connectivity index (χ0n) is 17.4. The molecule has 0 unspecified atom stereocenters. The highest BCUT2D eigenvalue weighted by molar-refractivity contribution is 5.59. The standard InChI is InChI=1S/C22H23N7O2/c1-28-13-18(12-26-28)17-10-24-22(25-11-17)31-19-2-5-29(6-3-19)21-15(9-23)8-16-14-30-7-4-20(16)27-21/h8,10-13,19H,2-7,14H2,1H3. The van der Waals surface area contributed by atoms with E-state index in [0.29, 0.717) is 24.8 Å². The van der Waals surface area contributed by atoms with Crippen LogP contribution >= 0.6 is 0 Å². The molecule has 0 aliphatic carbocycles. The predicted molar refractivity (Wildman–Crippen MR) is 112 cm³/mol. The first-order valence-corrected chi connectivity index (χ1v) is 10.4. The number of piperidine rings is 1. The molecule has 1 fully saturated rings. The van der Waals surface area contributed by atoms with Gasteiger partial charge in [0.25, 0.3) is 0 Å². The number of hydrogen-bond donors (Lipinski definition) is 0. The summed E-state index contributed by atoms with van der Waals surface area (Å²) in [4.78, 5) is 15.7. The average Bonchev–Trinajstić information content (AvgIpc) is 3.25. The third kappa shape index (κ3) is 4.07. The van der Waals surface area contributed by atoms with E-state index >= 15 is 0 Å². The molecule has 9 nitrogen and oxygen atoms in total. The van der Waals surface area contributed by atoms with Gasteiger partial charge in [-0.3, -0.25) is 4.68 Å². The highest BCUT2D eigenvalue weighted by Crippen LogP contribution is 2.27. The minimum Gasteiger partial charge on any atom is -0.460 e. The molecule has 9 heteroatoms. The first-order valence-electron chi connectivity index (χ1n) is 10.4. The Labute approximate surface area is 180 Å². The topological polar surface area (TPSA) is 102 Å². The second-order valence-corrected chi connectivity index (χ2v) is 7.84. The molecule has 0 radical (unpaired) electrons. The van der Waals surface area contributed by atoms with Crippen LogP contribution in [0.3, 0.4) is 0 Å². The van der Waals surface area contributed by atoms with Gasteiger partial charge in [-0.25, -0.2) is 15.0 Å². The van der Waals surface area contributed by atoms with Gasteiger partial charge in [0.2, 0.25) is 0 Å². The van der Waals surface area contributed by atoms with Gasteiger partial charge >= 0.3 is 6.01 Å². The second-order valence-electron chi connectivity index (χ2n) is 7.84. The fourth-order valence-corrected chi connectivity index (χ4v) is 4.03. The highest BCUT2D eigenvalue weighted by atomic mass is 16.5. The van der Waals surface area contributed by atoms with Crippen molar-refractivity contribution in [1.29, 1.82) is 5.26 Å². The maximum atomic E-state index is 9.60. The fraction of sp³-hybridized carbons (Fsp3) is 0.409. The molecule has 0 amide bonds. The summed E-state index contributed by atoms with van der Waals surface area (Å²) in [5.41, 5.74) is 4.55. The van der Waals surface area contributed by atoms with Crippen LogP contribution in [0, 0.1) is 11.3 Å². The van der Waals surface area contributed by atoms with Crippen molar-refractivity contribution in [1.82, 2.24) is 24.7 Å². The number of aryl methyl sites for hydroxylation is 1. The lowest BCUT2D eigenvalue weighted by atomic mass is 10.0. The van der Waals surface area contributed by atoms with Crippen molar-refractivity contribution in [3.8, 4) is 23.2 Å². The van der Waals surface area contributed by atoms with Crippen LogP contribution in [0.25, 0.3) is 11.1 Å². The van der Waals surface area contributed by atoms with Gasteiger partial charge in [-0.2, -0.15) is 10.4 Å². The summed E-state index contributed by atoms with van der Waals surface area (Å²) in [7, 11) is 1.88. The Hall–Kier alpha value is -3.51. The third-order valence-electron chi connectivity index (χ3n) is 5.71. The molecule has 0 atom stereocenters. The summed E-state index contributed by atoms with van der Waals surface area (Å²) in [6, 6.07) is 4.61. The van der Waals surface area contributed by atoms with Crippen molar-refractivity contribution in [2.75, 3.05) is 24.6 Å². The van der Waals surface area contributed by atoms with Crippen molar-refractivity contribution in [2.24, 2.45) is 7.05 Å². The molecule has 1 saturated heterocycles. The molecule has 0 saturated carbocycles. The lowest BCUT2D eigenvalue weighted by Crippen LogP contribution is -2.39. The number of fused-ring (bicyclic) bond motifs is 1. The van der Waals surface area contributed by atoms with E-state index in [0.717, 1.165) is 60.6 Å². The normalized spacial score (nSPS) is 16.6. The van der Waals surface area contributed by atoms with Crippen LogP contribution < -0.4 is 9.64 Å². The number of anilines is 1. The number of rotatable bonds is 4. The van der Waals surface area contributed by atoms with Crippen LogP contribution in [0.2, 0.25) is 0 Å². The van der Waals surface area contributed by atoms with Crippen LogP contribution in [0.5, 0.6) is 6.01 Å². The Bertz CT molecular complexity index is 1110. The van der Waals surface area contributed by atoms with E-state index < -0.39 is 0 Å². The van der Waals surface area contributed by atoms with E-state index in [-0.39, 0.29) is 6.10 Å². The Kier molecular flexibility index (Phi) is 5.22. The number of ether oxygens (including phenoxy) is 2. The predicted octanol–water partition coefficient (Wildman–Crippen LogP) is 2.26. The van der Waals surface area contributed by atoms with Gasteiger partial charge in [0.05, 0.1) is 30.7 Å². The van der Waals surface area contributed by atoms with E-state index in [1.807, 2.05) is 19.3 Å². The summed E-state index contributed by atoms with van der Waals surface area (Å²) in [5.74, 6) is 0.777. The van der Waals surface area contributed by atoms with Crippen LogP contribution in [0.1, 0.15) is 29.7 Å². The molecule has 0 bridgehead atoms. The molecule has 31 heavy (non-hydrogen) atoms. The number of nitriles is 1. The van der Waals surface area contributed by atoms with Crippen molar-refractivity contribution < 1.29 is 9.47 Å². The second kappa shape index (κ2) is 8.32. The van der Waals surface area contributed by atoms with Crippen molar-refractivity contribution >= 4 is 5.82 Å². The van der Waals surface area contributed by atoms with E-state index in [1.54, 1.807) is 23.3 Å². The zero-order valence-corrected chi connectivity index (χ0v) is 17.4. The van der Waals surface area contributed by atoms with Gasteiger partial charge in [-0.1, -0.05) is 0 Å². The molecule has 5 rings (SSSR count). The SMILES string of the molecule is Cn1cc(-c2cnc(OC3CCN(c4nc5c(cc4C#N)COCC5)CC3)nc2)cn1. The monoisotopic (exact) mass is 417 g/mol. The highest BCUT2D eigenvalue weighted by Gasteiger charge is 2.25. The maximum Gasteiger partial charge on any atom is 0.316 e. The Morgan fingerprint density at radius 3 is 2.68 bits per heavy atom. The fourth-order valence-electron chi connectivity index (χ4n) is 4.03. The average molecular weight is 417 g/mol. The molecule has 2 aliphatic rings. The lowest BCUT2D eigenvalue weighted by Gasteiger charge is -2.33. The van der Waals surface area contributed by atoms with Gasteiger partial charge < -0.3 is 14.4 Å². The molecule has 5 heterocycles. The molecule has 0 spiro atoms. The smallest absolute Gasteiger partial charge is 0.316 e. The molecule has 2 aliphatic heterocycles. The van der Waals surface area contributed by atoms with Crippen LogP contribution in [0.4, 0.5) is 5.82 Å². The Morgan fingerprint density at radius 1 is 1.16 bits per heavy atom. The van der Waals surface area contributed by atoms with Gasteiger partial charge in [-0.15, -0.1) is 0 Å². The number of pyridine rings is 1. The summed E-state index contributed by atoms with van der Waals surface area (Å²) in [6.45, 7) is 2.76. The van der Waals surface area contributed by atoms with Gasteiger partial charge in [0, 0.05) is 74.7 Å². The molecule has 3 aromatic heterocycles. The first-order chi connectivity index (χ1) is 15.2. The lowest BCUT2D eigenvalue weighted by molar-refractivity contribution is 0.109. The minimum absolute atomic E-state index is 0.0389. The third-order valence-corrected chi connectivity index (χ3v) is 5.71. The minimum atomic E-state index is 0.0389. The Balaban J connectivity index is 1.22. The van der Waals surface area contributed by atoms with E-state index in [4.69, 9.17) is 14.5 Å². The van der Waals surface area contributed by atoms with Crippen molar-refractivity contribution in [2.45, 2.75) is 32.0 Å². The first kappa shape index (κ1) is 19.5. The van der Waals surface area contributed by atoms with Crippen molar-refractivity contribution in [3.05, 3.63) is 47.7 Å². The summed E-state index contributed by atoms with van der Waals surface area (Å²) < 4.78 is 13.2. The van der Waals surface area contributed by atoms with Gasteiger partial charge in [-0.05, 0) is 6.07 Å². The molecule has 0 N–H and O–H groups in total. The quantitative estimate of drug-likeness (QED) is 0.637. The van der Waals surface area contributed by atoms with E-state index in [2.05, 4.69) is 26.0 Å². The molecule has 3 aromatic rings. The van der Waals surface area contributed by atoms with Crippen LogP contribution in [-0.2, 0) is 24.8 Å². The molecule has 158 valence electrons. The maximum absolute atomic E-state index is 9.60. The van der Waals surface area contributed by atoms with Gasteiger partial charge in [0.1, 0.15) is 18.0 Å². The summed E-state index contributed by atoms with van der Waals surface area (Å²) >= 11 is 0. The summed E-state index contributed by atoms with van der Waals surface area (Å²) in [6.07, 6.45) is 9.69. The number of aromatic nitrogens is 5. The number of hydrogen-bond acceptors (Lipinski definition) is 8. The van der Waals surface area contributed by atoms with E-state index in [9.17, 15) is 5.26 Å². The summed E-state index contributed by atoms with van der Waals surface area (Å²) in [5, 5.41) is 13.8. The molecular weight excluding hydrogens is 394 g/mol. The van der Waals surface area contributed by atoms with Crippen LogP contribution in [-0.4, -0.2) is 50.5 Å². The molecular formula is C22H23N7O2. The van der Waals surface area contributed by atoms with E-state index in [1.165, 1.54) is 0 Å². The van der Waals surface area contributed by atoms with Gasteiger partial charge in [0.15, 0.2) is 0 Å². The molecule has 0 aromatic carbocycles. The largest absolute Gasteiger partial charge is 0.460 e. The van der Waals surface area contributed by atoms with Crippen LogP contribution in [0.15, 0.2) is 30.9 Å².